The first kappa shape index (κ1) is 6.87. The Morgan fingerprint density at radius 2 is 2.18 bits per heavy atom. The summed E-state index contributed by atoms with van der Waals surface area (Å²) in [4.78, 5) is 0. The van der Waals surface area contributed by atoms with E-state index < -0.39 is 0 Å². The minimum absolute atomic E-state index is 0.846. The first-order valence-electron chi connectivity index (χ1n) is 3.55. The highest BCUT2D eigenvalue weighted by Gasteiger charge is 1.95. The average Bonchev–Trinajstić information content (AvgIpc) is 2.50. The number of hydrogen-bond donors (Lipinski definition) is 0. The van der Waals surface area contributed by atoms with Gasteiger partial charge in [0, 0.05) is 5.39 Å². The van der Waals surface area contributed by atoms with Gasteiger partial charge in [0.05, 0.1) is 6.26 Å². The molecule has 0 N–H and O–H groups in total. The third-order valence-corrected chi connectivity index (χ3v) is 2.63. The van der Waals surface area contributed by atoms with E-state index in [2.05, 4.69) is 24.9 Å². The van der Waals surface area contributed by atoms with E-state index in [0.717, 1.165) is 14.2 Å². The van der Waals surface area contributed by atoms with Crippen LogP contribution in [0.4, 0.5) is 0 Å². The Hall–Kier alpha value is -0.810. The molecule has 56 valence electrons. The molecule has 0 amide bonds. The molecular weight excluding hydrogens is 155 g/mol. The Morgan fingerprint density at radius 3 is 3.00 bits per heavy atom. The van der Waals surface area contributed by atoms with Gasteiger partial charge in [0.1, 0.15) is 5.58 Å². The molecule has 0 aliphatic rings. The van der Waals surface area contributed by atoms with Crippen LogP contribution >= 0.6 is 8.58 Å². The predicted molar refractivity (Wildman–Crippen MR) is 50.1 cm³/mol. The van der Waals surface area contributed by atoms with Gasteiger partial charge in [-0.05, 0) is 24.1 Å². The Kier molecular flexibility index (Phi) is 1.67. The number of furan rings is 1. The van der Waals surface area contributed by atoms with Gasteiger partial charge in [0.15, 0.2) is 0 Å². The summed E-state index contributed by atoms with van der Waals surface area (Å²) >= 11 is 0. The average molecular weight is 164 g/mol. The summed E-state index contributed by atoms with van der Waals surface area (Å²) in [6.45, 7) is 2.17. The Labute approximate surface area is 67.2 Å². The topological polar surface area (TPSA) is 13.1 Å². The smallest absolute Gasteiger partial charge is 0.134 e. The Morgan fingerprint density at radius 1 is 1.27 bits per heavy atom. The maximum atomic E-state index is 5.26. The van der Waals surface area contributed by atoms with E-state index in [1.807, 2.05) is 6.07 Å². The van der Waals surface area contributed by atoms with Crippen molar-refractivity contribution in [3.63, 3.8) is 0 Å². The summed E-state index contributed by atoms with van der Waals surface area (Å²) in [5.74, 6) is 0. The monoisotopic (exact) mass is 164 g/mol. The molecule has 2 aromatic rings. The van der Waals surface area contributed by atoms with Crippen molar-refractivity contribution in [2.75, 3.05) is 6.66 Å². The zero-order valence-corrected chi connectivity index (χ0v) is 7.29. The quantitative estimate of drug-likeness (QED) is 0.590. The molecule has 0 fully saturated rings. The number of benzene rings is 1. The summed E-state index contributed by atoms with van der Waals surface area (Å²) in [6, 6.07) is 8.34. The molecule has 0 aliphatic carbocycles. The lowest BCUT2D eigenvalue weighted by atomic mass is 10.3. The van der Waals surface area contributed by atoms with Gasteiger partial charge in [-0.25, -0.2) is 0 Å². The van der Waals surface area contributed by atoms with Crippen molar-refractivity contribution in [2.24, 2.45) is 0 Å². The molecule has 11 heavy (non-hydrogen) atoms. The summed E-state index contributed by atoms with van der Waals surface area (Å²) in [7, 11) is 0.846. The zero-order valence-electron chi connectivity index (χ0n) is 6.29. The van der Waals surface area contributed by atoms with Crippen LogP contribution in [0.25, 0.3) is 11.0 Å². The standard InChI is InChI=1S/C9H9OP/c1-11-8-3-2-7-4-5-10-9(7)6-8/h2-6,11H,1H3. The van der Waals surface area contributed by atoms with Gasteiger partial charge in [-0.2, -0.15) is 0 Å². The van der Waals surface area contributed by atoms with Gasteiger partial charge >= 0.3 is 0 Å². The largest absolute Gasteiger partial charge is 0.464 e. The third-order valence-electron chi connectivity index (χ3n) is 1.74. The van der Waals surface area contributed by atoms with Crippen molar-refractivity contribution >= 4 is 24.9 Å². The van der Waals surface area contributed by atoms with Gasteiger partial charge in [-0.3, -0.25) is 0 Å². The second-order valence-electron chi connectivity index (χ2n) is 2.42. The van der Waals surface area contributed by atoms with Crippen molar-refractivity contribution in [1.29, 1.82) is 0 Å². The van der Waals surface area contributed by atoms with Crippen LogP contribution in [-0.4, -0.2) is 6.66 Å². The molecule has 1 aromatic heterocycles. The number of hydrogen-bond acceptors (Lipinski definition) is 1. The summed E-state index contributed by atoms with van der Waals surface area (Å²) in [5, 5.41) is 2.54. The van der Waals surface area contributed by atoms with Crippen LogP contribution in [0, 0.1) is 0 Å². The molecule has 2 heteroatoms. The lowest BCUT2D eigenvalue weighted by molar-refractivity contribution is 0.616. The molecule has 1 atom stereocenters. The summed E-state index contributed by atoms with van der Waals surface area (Å²) in [6.07, 6.45) is 1.73. The second kappa shape index (κ2) is 2.67. The van der Waals surface area contributed by atoms with Crippen LogP contribution in [0.5, 0.6) is 0 Å². The molecule has 1 heterocycles. The van der Waals surface area contributed by atoms with Gasteiger partial charge in [0.2, 0.25) is 0 Å². The lowest BCUT2D eigenvalue weighted by Gasteiger charge is -1.93. The fraction of sp³-hybridized carbons (Fsp3) is 0.111. The first-order chi connectivity index (χ1) is 5.40. The van der Waals surface area contributed by atoms with Gasteiger partial charge in [0.25, 0.3) is 0 Å². The molecule has 0 bridgehead atoms. The molecule has 2 rings (SSSR count). The molecule has 1 unspecified atom stereocenters. The highest BCUT2D eigenvalue weighted by molar-refractivity contribution is 7.46. The SMILES string of the molecule is CPc1ccc2ccoc2c1. The summed E-state index contributed by atoms with van der Waals surface area (Å²) < 4.78 is 5.26. The fourth-order valence-corrected chi connectivity index (χ4v) is 1.64. The van der Waals surface area contributed by atoms with Crippen molar-refractivity contribution in [3.05, 3.63) is 30.5 Å². The Bertz CT molecular complexity index is 364. The van der Waals surface area contributed by atoms with Crippen LogP contribution in [-0.2, 0) is 0 Å². The van der Waals surface area contributed by atoms with Crippen molar-refractivity contribution in [2.45, 2.75) is 0 Å². The molecule has 0 saturated carbocycles. The van der Waals surface area contributed by atoms with Gasteiger partial charge in [-0.1, -0.05) is 20.7 Å². The minimum atomic E-state index is 0.846. The van der Waals surface area contributed by atoms with Crippen molar-refractivity contribution < 1.29 is 4.42 Å². The molecule has 1 aromatic carbocycles. The van der Waals surface area contributed by atoms with Gasteiger partial charge in [-0.15, -0.1) is 0 Å². The maximum Gasteiger partial charge on any atom is 0.134 e. The second-order valence-corrected chi connectivity index (χ2v) is 3.50. The molecule has 1 nitrogen and oxygen atoms in total. The van der Waals surface area contributed by atoms with E-state index in [9.17, 15) is 0 Å². The van der Waals surface area contributed by atoms with E-state index in [-0.39, 0.29) is 0 Å². The van der Waals surface area contributed by atoms with E-state index in [1.165, 1.54) is 10.7 Å². The zero-order chi connectivity index (χ0) is 7.68. The molecule has 0 saturated heterocycles. The normalized spacial score (nSPS) is 11.7. The molecule has 0 aliphatic heterocycles. The number of fused-ring (bicyclic) bond motifs is 1. The highest BCUT2D eigenvalue weighted by Crippen LogP contribution is 2.15. The molecule has 0 spiro atoms. The Balaban J connectivity index is 2.67. The van der Waals surface area contributed by atoms with Crippen LogP contribution in [0.3, 0.4) is 0 Å². The van der Waals surface area contributed by atoms with Crippen molar-refractivity contribution in [1.82, 2.24) is 0 Å². The lowest BCUT2D eigenvalue weighted by Crippen LogP contribution is -1.89. The van der Waals surface area contributed by atoms with E-state index in [0.29, 0.717) is 0 Å². The maximum absolute atomic E-state index is 5.26. The van der Waals surface area contributed by atoms with Crippen LogP contribution in [0.15, 0.2) is 34.9 Å². The van der Waals surface area contributed by atoms with E-state index >= 15 is 0 Å². The highest BCUT2D eigenvalue weighted by atomic mass is 31.1. The van der Waals surface area contributed by atoms with E-state index in [4.69, 9.17) is 4.42 Å². The van der Waals surface area contributed by atoms with Crippen LogP contribution in [0.1, 0.15) is 0 Å². The fourth-order valence-electron chi connectivity index (χ4n) is 1.11. The van der Waals surface area contributed by atoms with Crippen LogP contribution < -0.4 is 5.30 Å². The molecule has 0 radical (unpaired) electrons. The van der Waals surface area contributed by atoms with E-state index in [1.54, 1.807) is 6.26 Å². The minimum Gasteiger partial charge on any atom is -0.464 e. The predicted octanol–water partition coefficient (Wildman–Crippen LogP) is 2.37. The summed E-state index contributed by atoms with van der Waals surface area (Å²) in [5.41, 5.74) is 0.997. The molecular formula is C9H9OP. The first-order valence-corrected chi connectivity index (χ1v) is 5.05. The van der Waals surface area contributed by atoms with Crippen molar-refractivity contribution in [3.8, 4) is 0 Å². The number of rotatable bonds is 1. The van der Waals surface area contributed by atoms with Gasteiger partial charge < -0.3 is 4.42 Å². The third kappa shape index (κ3) is 1.17. The van der Waals surface area contributed by atoms with Crippen LogP contribution in [0.2, 0.25) is 0 Å².